The maximum absolute atomic E-state index is 14.0. The average molecular weight is 608 g/mol. The normalized spacial score (nSPS) is 20.7. The van der Waals surface area contributed by atoms with Crippen LogP contribution in [0, 0.1) is 18.3 Å². The van der Waals surface area contributed by atoms with E-state index in [-0.39, 0.29) is 18.7 Å². The number of hydrogen-bond donors (Lipinski definition) is 1. The number of nitrogens with one attached hydrogen (secondary N) is 1. The fraction of sp³-hybridized carbons (Fsp3) is 0.560. The number of amides is 1. The molecule has 1 aromatic carbocycles. The van der Waals surface area contributed by atoms with Gasteiger partial charge in [0.1, 0.15) is 23.1 Å². The number of anilines is 1. The summed E-state index contributed by atoms with van der Waals surface area (Å²) in [6.45, 7) is 3.07. The lowest BCUT2D eigenvalue weighted by molar-refractivity contribution is -0.153. The fourth-order valence-electron chi connectivity index (χ4n) is 4.74. The van der Waals surface area contributed by atoms with Crippen LogP contribution in [-0.2, 0) is 20.8 Å². The lowest BCUT2D eigenvalue weighted by Gasteiger charge is -2.28. The Morgan fingerprint density at radius 1 is 1.22 bits per heavy atom. The van der Waals surface area contributed by atoms with Gasteiger partial charge in [-0.25, -0.2) is 13.1 Å². The molecule has 1 saturated carbocycles. The van der Waals surface area contributed by atoms with Crippen LogP contribution in [0.4, 0.5) is 32.2 Å². The van der Waals surface area contributed by atoms with E-state index < -0.39 is 74.2 Å². The maximum atomic E-state index is 14.0. The number of carbonyl (C=O) groups is 1. The fourth-order valence-corrected chi connectivity index (χ4v) is 6.63. The highest BCUT2D eigenvalue weighted by Crippen LogP contribution is 2.41. The minimum Gasteiger partial charge on any atom is -0.484 e. The number of nitriles is 1. The Morgan fingerprint density at radius 2 is 1.88 bits per heavy atom. The lowest BCUT2D eigenvalue weighted by Crippen LogP contribution is -2.48. The SMILES string of the molecule is Cc1cc(N2C[C@H](S(=O)(=O)c3ccc(OCC(F)(F)F)cc3C(F)(F)F)C[C@@H]2C(=O)NC2(C#N)CC2)n(C(C)C)n1. The van der Waals surface area contributed by atoms with E-state index in [9.17, 15) is 44.8 Å². The zero-order chi connectivity index (χ0) is 30.5. The number of alkyl halides is 6. The zero-order valence-corrected chi connectivity index (χ0v) is 23.0. The molecule has 1 saturated heterocycles. The van der Waals surface area contributed by atoms with Gasteiger partial charge in [-0.1, -0.05) is 0 Å². The third kappa shape index (κ3) is 6.39. The zero-order valence-electron chi connectivity index (χ0n) is 22.2. The minimum atomic E-state index is -5.24. The van der Waals surface area contributed by atoms with Gasteiger partial charge < -0.3 is 15.0 Å². The van der Waals surface area contributed by atoms with Crippen molar-refractivity contribution in [3.63, 3.8) is 0 Å². The van der Waals surface area contributed by atoms with Crippen LogP contribution >= 0.6 is 0 Å². The number of sulfone groups is 1. The number of hydrogen-bond acceptors (Lipinski definition) is 7. The summed E-state index contributed by atoms with van der Waals surface area (Å²) >= 11 is 0. The van der Waals surface area contributed by atoms with E-state index in [1.54, 1.807) is 17.7 Å². The molecule has 41 heavy (non-hydrogen) atoms. The lowest BCUT2D eigenvalue weighted by atomic mass is 10.1. The number of benzene rings is 1. The Labute approximate surface area is 232 Å². The van der Waals surface area contributed by atoms with Crippen LogP contribution < -0.4 is 15.0 Å². The van der Waals surface area contributed by atoms with Crippen LogP contribution in [0.1, 0.15) is 50.4 Å². The third-order valence-electron chi connectivity index (χ3n) is 6.92. The van der Waals surface area contributed by atoms with Gasteiger partial charge in [0, 0.05) is 18.7 Å². The molecule has 0 radical (unpaired) electrons. The number of carbonyl (C=O) groups excluding carboxylic acids is 1. The monoisotopic (exact) mass is 607 g/mol. The summed E-state index contributed by atoms with van der Waals surface area (Å²) in [6, 6.07) is 3.79. The van der Waals surface area contributed by atoms with Gasteiger partial charge in [0.15, 0.2) is 16.4 Å². The van der Waals surface area contributed by atoms with E-state index in [1.807, 2.05) is 19.9 Å². The summed E-state index contributed by atoms with van der Waals surface area (Å²) in [5, 5.41) is 14.9. The Balaban J connectivity index is 1.73. The van der Waals surface area contributed by atoms with Crippen molar-refractivity contribution < 1.29 is 44.3 Å². The van der Waals surface area contributed by atoms with Crippen LogP contribution in [0.5, 0.6) is 5.75 Å². The van der Waals surface area contributed by atoms with E-state index in [2.05, 4.69) is 15.2 Å². The van der Waals surface area contributed by atoms with Crippen molar-refractivity contribution in [1.82, 2.24) is 15.1 Å². The Morgan fingerprint density at radius 3 is 2.41 bits per heavy atom. The van der Waals surface area contributed by atoms with Crippen molar-refractivity contribution in [2.45, 2.75) is 80.2 Å². The molecule has 0 bridgehead atoms. The number of rotatable bonds is 8. The van der Waals surface area contributed by atoms with Gasteiger partial charge in [0.05, 0.1) is 27.5 Å². The molecule has 1 amide bonds. The topological polar surface area (TPSA) is 117 Å². The Hall–Kier alpha value is -3.48. The summed E-state index contributed by atoms with van der Waals surface area (Å²) in [5.74, 6) is -1.08. The van der Waals surface area contributed by atoms with Gasteiger partial charge in [-0.2, -0.15) is 36.7 Å². The largest absolute Gasteiger partial charge is 0.484 e. The molecule has 2 aliphatic rings. The van der Waals surface area contributed by atoms with E-state index in [1.165, 1.54) is 4.90 Å². The van der Waals surface area contributed by atoms with Gasteiger partial charge in [0.2, 0.25) is 5.91 Å². The standard InChI is InChI=1S/C25H27F6N5O4S/c1-14(2)36-21(8-15(3)34-36)35-11-17(10-19(35)22(37)33-23(12-32)6-7-23)41(38,39)20-5-4-16(40-13-24(26,27)28)9-18(20)25(29,30)31/h4-5,8-9,14,17,19H,6-7,10-11,13H2,1-3H3,(H,33,37)/t17-,19-/m1/s1. The van der Waals surface area contributed by atoms with Crippen LogP contribution in [0.15, 0.2) is 29.2 Å². The molecule has 0 unspecified atom stereocenters. The Bertz CT molecular complexity index is 1470. The van der Waals surface area contributed by atoms with Crippen molar-refractivity contribution in [3.05, 3.63) is 35.5 Å². The minimum absolute atomic E-state index is 0.215. The van der Waals surface area contributed by atoms with Crippen LogP contribution in [0.25, 0.3) is 0 Å². The van der Waals surface area contributed by atoms with Crippen molar-refractivity contribution >= 4 is 21.6 Å². The molecule has 0 spiro atoms. The predicted octanol–water partition coefficient (Wildman–Crippen LogP) is 4.33. The molecule has 16 heteroatoms. The van der Waals surface area contributed by atoms with Gasteiger partial charge in [-0.3, -0.25) is 4.79 Å². The number of nitrogens with zero attached hydrogens (tertiary/aromatic N) is 4. The molecule has 2 fully saturated rings. The van der Waals surface area contributed by atoms with Gasteiger partial charge in [0.25, 0.3) is 0 Å². The van der Waals surface area contributed by atoms with E-state index in [0.717, 1.165) is 6.07 Å². The molecule has 1 aromatic heterocycles. The summed E-state index contributed by atoms with van der Waals surface area (Å²) in [6.07, 6.45) is -9.65. The number of aromatic nitrogens is 2. The summed E-state index contributed by atoms with van der Waals surface area (Å²) in [4.78, 5) is 13.7. The maximum Gasteiger partial charge on any atom is 0.422 e. The number of ether oxygens (including phenoxy) is 1. The quantitative estimate of drug-likeness (QED) is 0.444. The Kier molecular flexibility index (Phi) is 7.74. The highest BCUT2D eigenvalue weighted by molar-refractivity contribution is 7.92. The molecule has 2 aromatic rings. The molecule has 224 valence electrons. The third-order valence-corrected chi connectivity index (χ3v) is 9.11. The number of halogens is 6. The first-order chi connectivity index (χ1) is 18.9. The molecular formula is C25H27F6N5O4S. The van der Waals surface area contributed by atoms with Gasteiger partial charge in [-0.15, -0.1) is 0 Å². The smallest absolute Gasteiger partial charge is 0.422 e. The molecular weight excluding hydrogens is 580 g/mol. The predicted molar refractivity (Wildman–Crippen MR) is 133 cm³/mol. The van der Waals surface area contributed by atoms with Crippen molar-refractivity contribution in [3.8, 4) is 11.8 Å². The average Bonchev–Trinajstić information content (AvgIpc) is 3.29. The van der Waals surface area contributed by atoms with Crippen molar-refractivity contribution in [1.29, 1.82) is 5.26 Å². The van der Waals surface area contributed by atoms with E-state index in [0.29, 0.717) is 30.4 Å². The first-order valence-electron chi connectivity index (χ1n) is 12.6. The highest BCUT2D eigenvalue weighted by atomic mass is 32.2. The molecule has 4 rings (SSSR count). The van der Waals surface area contributed by atoms with Crippen LogP contribution in [0.3, 0.4) is 0 Å². The molecule has 1 N–H and O–H groups in total. The summed E-state index contributed by atoms with van der Waals surface area (Å²) in [5.41, 5.74) is -2.20. The second-order valence-corrected chi connectivity index (χ2v) is 12.7. The second-order valence-electron chi connectivity index (χ2n) is 10.5. The van der Waals surface area contributed by atoms with Gasteiger partial charge >= 0.3 is 12.4 Å². The van der Waals surface area contributed by atoms with Crippen molar-refractivity contribution in [2.24, 2.45) is 0 Å². The van der Waals surface area contributed by atoms with E-state index >= 15 is 0 Å². The van der Waals surface area contributed by atoms with Crippen LogP contribution in [-0.4, -0.2) is 60.3 Å². The van der Waals surface area contributed by atoms with Gasteiger partial charge in [-0.05, 0) is 58.2 Å². The van der Waals surface area contributed by atoms with Crippen molar-refractivity contribution in [2.75, 3.05) is 18.1 Å². The number of aryl methyl sites for hydroxylation is 1. The summed E-state index contributed by atoms with van der Waals surface area (Å²) < 4.78 is 113. The molecule has 1 aliphatic heterocycles. The second kappa shape index (κ2) is 10.4. The summed E-state index contributed by atoms with van der Waals surface area (Å²) in [7, 11) is -4.79. The molecule has 2 atom stereocenters. The molecule has 1 aliphatic carbocycles. The molecule has 2 heterocycles. The van der Waals surface area contributed by atoms with E-state index in [4.69, 9.17) is 0 Å². The van der Waals surface area contributed by atoms with Crippen LogP contribution in [0.2, 0.25) is 0 Å². The molecule has 9 nitrogen and oxygen atoms in total. The highest BCUT2D eigenvalue weighted by Gasteiger charge is 2.51. The first kappa shape index (κ1) is 30.5. The first-order valence-corrected chi connectivity index (χ1v) is 14.1.